The van der Waals surface area contributed by atoms with Gasteiger partial charge < -0.3 is 4.74 Å². The Kier molecular flexibility index (Phi) is 4.82. The lowest BCUT2D eigenvalue weighted by molar-refractivity contribution is 0.0601. The number of fused-ring (bicyclic) bond motifs is 1. The Balaban J connectivity index is 1.87. The minimum Gasteiger partial charge on any atom is -0.465 e. The van der Waals surface area contributed by atoms with Crippen molar-refractivity contribution in [3.05, 3.63) is 53.6 Å². The van der Waals surface area contributed by atoms with E-state index >= 15 is 0 Å². The molecule has 1 N–H and O–H groups in total. The molecule has 7 heteroatoms. The maximum Gasteiger partial charge on any atom is 0.337 e. The summed E-state index contributed by atoms with van der Waals surface area (Å²) in [5, 5.41) is 3.32. The number of carbonyl (C=O) groups is 2. The Bertz CT molecular complexity index is 921. The Morgan fingerprint density at radius 2 is 2.00 bits per heavy atom. The summed E-state index contributed by atoms with van der Waals surface area (Å²) in [7, 11) is 1.34. The molecule has 1 heterocycles. The number of methoxy groups -OCH3 is 1. The van der Waals surface area contributed by atoms with E-state index < -0.39 is 5.97 Å². The summed E-state index contributed by atoms with van der Waals surface area (Å²) in [5.41, 5.74) is 1.79. The van der Waals surface area contributed by atoms with Crippen LogP contribution in [0.1, 0.15) is 20.7 Å². The van der Waals surface area contributed by atoms with Crippen LogP contribution in [0.4, 0.5) is 5.13 Å². The molecule has 0 bridgehead atoms. The van der Waals surface area contributed by atoms with E-state index in [4.69, 9.17) is 4.74 Å². The third-order valence-electron chi connectivity index (χ3n) is 3.38. The van der Waals surface area contributed by atoms with E-state index in [0.29, 0.717) is 16.3 Å². The van der Waals surface area contributed by atoms with Gasteiger partial charge in [-0.1, -0.05) is 23.5 Å². The van der Waals surface area contributed by atoms with Gasteiger partial charge in [0.1, 0.15) is 0 Å². The van der Waals surface area contributed by atoms with Crippen LogP contribution >= 0.6 is 23.1 Å². The number of ether oxygens (including phenoxy) is 1. The van der Waals surface area contributed by atoms with Crippen LogP contribution in [0.25, 0.3) is 10.2 Å². The van der Waals surface area contributed by atoms with Crippen LogP contribution in [-0.4, -0.2) is 30.2 Å². The molecule has 0 aliphatic heterocycles. The topological polar surface area (TPSA) is 68.3 Å². The maximum absolute atomic E-state index is 12.5. The number of benzene rings is 2. The van der Waals surface area contributed by atoms with Gasteiger partial charge in [-0.25, -0.2) is 9.78 Å². The molecule has 0 saturated heterocycles. The molecule has 0 aliphatic rings. The number of anilines is 1. The van der Waals surface area contributed by atoms with E-state index in [-0.39, 0.29) is 5.91 Å². The molecule has 0 radical (unpaired) electrons. The number of aromatic nitrogens is 1. The van der Waals surface area contributed by atoms with Crippen molar-refractivity contribution >= 4 is 50.3 Å². The highest BCUT2D eigenvalue weighted by molar-refractivity contribution is 7.98. The molecule has 3 aromatic rings. The van der Waals surface area contributed by atoms with Crippen LogP contribution in [0.2, 0.25) is 0 Å². The molecule has 0 unspecified atom stereocenters. The number of hydrogen-bond donors (Lipinski definition) is 1. The number of thioether (sulfide) groups is 1. The highest BCUT2D eigenvalue weighted by Gasteiger charge is 2.14. The fourth-order valence-electron chi connectivity index (χ4n) is 2.22. The van der Waals surface area contributed by atoms with Crippen molar-refractivity contribution in [3.8, 4) is 0 Å². The fraction of sp³-hybridized carbons (Fsp3) is 0.118. The number of amides is 1. The molecule has 0 saturated carbocycles. The second-order valence-corrected chi connectivity index (χ2v) is 6.73. The monoisotopic (exact) mass is 358 g/mol. The van der Waals surface area contributed by atoms with Gasteiger partial charge >= 0.3 is 5.97 Å². The average molecular weight is 358 g/mol. The summed E-state index contributed by atoms with van der Waals surface area (Å²) in [6.45, 7) is 0. The van der Waals surface area contributed by atoms with E-state index in [2.05, 4.69) is 10.3 Å². The first kappa shape index (κ1) is 16.5. The smallest absolute Gasteiger partial charge is 0.337 e. The normalized spacial score (nSPS) is 10.6. The van der Waals surface area contributed by atoms with Crippen molar-refractivity contribution in [3.63, 3.8) is 0 Å². The molecule has 0 aliphatic carbocycles. The molecule has 1 amide bonds. The van der Waals surface area contributed by atoms with Gasteiger partial charge in [0.25, 0.3) is 5.91 Å². The van der Waals surface area contributed by atoms with Gasteiger partial charge in [-0.05, 0) is 36.6 Å². The quantitative estimate of drug-likeness (QED) is 0.563. The van der Waals surface area contributed by atoms with Crippen LogP contribution in [0.3, 0.4) is 0 Å². The summed E-state index contributed by atoms with van der Waals surface area (Å²) >= 11 is 2.84. The molecular formula is C17H14N2O3S2. The summed E-state index contributed by atoms with van der Waals surface area (Å²) in [6.07, 6.45) is 1.93. The van der Waals surface area contributed by atoms with Crippen molar-refractivity contribution in [1.29, 1.82) is 0 Å². The van der Waals surface area contributed by atoms with E-state index in [1.165, 1.54) is 30.2 Å². The highest BCUT2D eigenvalue weighted by Crippen LogP contribution is 2.28. The first-order valence-electron chi connectivity index (χ1n) is 7.05. The SMILES string of the molecule is COC(=O)c1ccc2nc(NC(=O)c3ccccc3SC)sc2c1. The molecule has 0 spiro atoms. The van der Waals surface area contributed by atoms with Crippen LogP contribution in [0.5, 0.6) is 0 Å². The van der Waals surface area contributed by atoms with Crippen molar-refractivity contribution in [1.82, 2.24) is 4.98 Å². The Morgan fingerprint density at radius 3 is 2.75 bits per heavy atom. The summed E-state index contributed by atoms with van der Waals surface area (Å²) in [6, 6.07) is 12.5. The van der Waals surface area contributed by atoms with Crippen LogP contribution in [0, 0.1) is 0 Å². The third-order valence-corrected chi connectivity index (χ3v) is 5.11. The van der Waals surface area contributed by atoms with Gasteiger partial charge in [0.15, 0.2) is 5.13 Å². The fourth-order valence-corrected chi connectivity index (χ4v) is 3.72. The number of nitrogens with one attached hydrogen (secondary N) is 1. The number of rotatable bonds is 4. The third kappa shape index (κ3) is 3.27. The Labute approximate surface area is 147 Å². The van der Waals surface area contributed by atoms with E-state index in [1.807, 2.05) is 24.5 Å². The average Bonchev–Trinajstić information content (AvgIpc) is 3.02. The van der Waals surface area contributed by atoms with Crippen molar-refractivity contribution in [2.75, 3.05) is 18.7 Å². The minimum atomic E-state index is -0.398. The summed E-state index contributed by atoms with van der Waals surface area (Å²) in [4.78, 5) is 29.3. The minimum absolute atomic E-state index is 0.202. The molecular weight excluding hydrogens is 344 g/mol. The Hall–Kier alpha value is -2.38. The lowest BCUT2D eigenvalue weighted by Gasteiger charge is -2.05. The predicted octanol–water partition coefficient (Wildman–Crippen LogP) is 4.06. The van der Waals surface area contributed by atoms with Crippen LogP contribution < -0.4 is 5.32 Å². The number of hydrogen-bond acceptors (Lipinski definition) is 6. The number of nitrogens with zero attached hydrogens (tertiary/aromatic N) is 1. The van der Waals surface area contributed by atoms with Gasteiger partial charge in [-0.2, -0.15) is 0 Å². The number of esters is 1. The van der Waals surface area contributed by atoms with Crippen LogP contribution in [-0.2, 0) is 4.74 Å². The van der Waals surface area contributed by atoms with Crippen molar-refractivity contribution < 1.29 is 14.3 Å². The summed E-state index contributed by atoms with van der Waals surface area (Å²) in [5.74, 6) is -0.600. The van der Waals surface area contributed by atoms with E-state index in [1.54, 1.807) is 24.3 Å². The van der Waals surface area contributed by atoms with Gasteiger partial charge in [0.05, 0.1) is 28.5 Å². The molecule has 0 atom stereocenters. The van der Waals surface area contributed by atoms with Crippen molar-refractivity contribution in [2.45, 2.75) is 4.90 Å². The highest BCUT2D eigenvalue weighted by atomic mass is 32.2. The lowest BCUT2D eigenvalue weighted by atomic mass is 10.2. The first-order valence-corrected chi connectivity index (χ1v) is 9.10. The zero-order chi connectivity index (χ0) is 17.1. The zero-order valence-corrected chi connectivity index (χ0v) is 14.7. The summed E-state index contributed by atoms with van der Waals surface area (Å²) < 4.78 is 5.52. The predicted molar refractivity (Wildman–Crippen MR) is 97.1 cm³/mol. The van der Waals surface area contributed by atoms with E-state index in [0.717, 1.165) is 15.1 Å². The molecule has 5 nitrogen and oxygen atoms in total. The van der Waals surface area contributed by atoms with Gasteiger partial charge in [-0.3, -0.25) is 10.1 Å². The molecule has 0 fully saturated rings. The largest absolute Gasteiger partial charge is 0.465 e. The maximum atomic E-state index is 12.5. The molecule has 3 rings (SSSR count). The molecule has 24 heavy (non-hydrogen) atoms. The van der Waals surface area contributed by atoms with Crippen LogP contribution in [0.15, 0.2) is 47.4 Å². The molecule has 2 aromatic carbocycles. The standard InChI is InChI=1S/C17H14N2O3S2/c1-22-16(21)10-7-8-12-14(9-10)24-17(18-12)19-15(20)11-5-3-4-6-13(11)23-2/h3-9H,1-2H3,(H,18,19,20). The lowest BCUT2D eigenvalue weighted by Crippen LogP contribution is -2.12. The first-order chi connectivity index (χ1) is 11.6. The molecule has 1 aromatic heterocycles. The molecule has 122 valence electrons. The second kappa shape index (κ2) is 7.02. The van der Waals surface area contributed by atoms with Gasteiger partial charge in [0, 0.05) is 4.90 Å². The number of thiazole rings is 1. The Morgan fingerprint density at radius 1 is 1.21 bits per heavy atom. The second-order valence-electron chi connectivity index (χ2n) is 4.85. The van der Waals surface area contributed by atoms with Crippen molar-refractivity contribution in [2.24, 2.45) is 0 Å². The zero-order valence-electron chi connectivity index (χ0n) is 13.0. The van der Waals surface area contributed by atoms with Gasteiger partial charge in [-0.15, -0.1) is 11.8 Å². The number of carbonyl (C=O) groups excluding carboxylic acids is 2. The van der Waals surface area contributed by atoms with Gasteiger partial charge in [0.2, 0.25) is 0 Å². The van der Waals surface area contributed by atoms with E-state index in [9.17, 15) is 9.59 Å².